The average molecular weight is 304 g/mol. The van der Waals surface area contributed by atoms with Gasteiger partial charge in [-0.25, -0.2) is 0 Å². The zero-order valence-corrected chi connectivity index (χ0v) is 14.9. The second-order valence-corrected chi connectivity index (χ2v) is 7.99. The van der Waals surface area contributed by atoms with Crippen LogP contribution in [0.2, 0.25) is 0 Å². The number of carbonyl (C=O) groups is 1. The Kier molecular flexibility index (Phi) is 5.32. The molecule has 1 heterocycles. The van der Waals surface area contributed by atoms with Crippen molar-refractivity contribution in [3.63, 3.8) is 0 Å². The highest BCUT2D eigenvalue weighted by atomic mass is 16.6. The van der Waals surface area contributed by atoms with Gasteiger partial charge in [0.25, 0.3) is 0 Å². The van der Waals surface area contributed by atoms with Crippen molar-refractivity contribution in [2.45, 2.75) is 78.4 Å². The molecule has 124 valence electrons. The molecular weight excluding hydrogens is 272 g/mol. The van der Waals surface area contributed by atoms with Gasteiger partial charge in [-0.05, 0) is 51.4 Å². The SMILES string of the molecule is C=C(C)[C@H]1/C=C(\C(C)C)CC[C@]2(C)O[C@H]2CC[C@H](C)CC1=O. The molecule has 4 atom stereocenters. The molecule has 1 aliphatic heterocycles. The van der Waals surface area contributed by atoms with Crippen LogP contribution in [0.4, 0.5) is 0 Å². The van der Waals surface area contributed by atoms with Crippen LogP contribution in [0.15, 0.2) is 23.8 Å². The van der Waals surface area contributed by atoms with Gasteiger partial charge in [-0.3, -0.25) is 4.79 Å². The molecule has 0 aromatic heterocycles. The second-order valence-electron chi connectivity index (χ2n) is 7.99. The number of fused-ring (bicyclic) bond motifs is 1. The van der Waals surface area contributed by atoms with E-state index in [9.17, 15) is 4.79 Å². The van der Waals surface area contributed by atoms with Gasteiger partial charge >= 0.3 is 0 Å². The van der Waals surface area contributed by atoms with Crippen molar-refractivity contribution < 1.29 is 9.53 Å². The topological polar surface area (TPSA) is 29.6 Å². The van der Waals surface area contributed by atoms with Gasteiger partial charge in [0.05, 0.1) is 17.6 Å². The Morgan fingerprint density at radius 3 is 2.68 bits per heavy atom. The molecule has 1 fully saturated rings. The van der Waals surface area contributed by atoms with Gasteiger partial charge in [0.1, 0.15) is 5.78 Å². The third kappa shape index (κ3) is 4.10. The molecule has 22 heavy (non-hydrogen) atoms. The van der Waals surface area contributed by atoms with Crippen molar-refractivity contribution in [2.75, 3.05) is 0 Å². The summed E-state index contributed by atoms with van der Waals surface area (Å²) in [5.74, 6) is 1.12. The van der Waals surface area contributed by atoms with E-state index in [1.165, 1.54) is 5.57 Å². The number of Topliss-reactive ketones (excluding diaryl/α,β-unsaturated/α-hetero) is 1. The standard InChI is InChI=1S/C20H32O2/c1-13(2)16-9-10-20(6)19(22-20)8-7-15(5)11-18(21)17(12-16)14(3)4/h12-13,15,17,19H,3,7-11H2,1-2,4-6H3/b16-12-/t15-,17+,19-,20-/m0/s1. The van der Waals surface area contributed by atoms with Crippen LogP contribution in [0, 0.1) is 17.8 Å². The fourth-order valence-corrected chi connectivity index (χ4v) is 3.56. The lowest BCUT2D eigenvalue weighted by Gasteiger charge is -2.21. The van der Waals surface area contributed by atoms with Gasteiger partial charge in [-0.2, -0.15) is 0 Å². The number of hydrogen-bond donors (Lipinski definition) is 0. The van der Waals surface area contributed by atoms with E-state index in [1.54, 1.807) is 0 Å². The maximum absolute atomic E-state index is 12.7. The minimum Gasteiger partial charge on any atom is -0.366 e. The summed E-state index contributed by atoms with van der Waals surface area (Å²) in [6, 6.07) is 0. The van der Waals surface area contributed by atoms with Crippen molar-refractivity contribution in [3.8, 4) is 0 Å². The molecule has 1 aliphatic carbocycles. The van der Waals surface area contributed by atoms with Gasteiger partial charge in [-0.15, -0.1) is 0 Å². The van der Waals surface area contributed by atoms with Crippen LogP contribution in [-0.4, -0.2) is 17.5 Å². The molecule has 0 aromatic rings. The van der Waals surface area contributed by atoms with Crippen molar-refractivity contribution in [2.24, 2.45) is 17.8 Å². The van der Waals surface area contributed by atoms with Crippen LogP contribution in [0.25, 0.3) is 0 Å². The highest BCUT2D eigenvalue weighted by Gasteiger charge is 2.51. The molecule has 2 heteroatoms. The third-order valence-corrected chi connectivity index (χ3v) is 5.42. The number of hydrogen-bond acceptors (Lipinski definition) is 2. The lowest BCUT2D eigenvalue weighted by atomic mass is 9.82. The van der Waals surface area contributed by atoms with Crippen molar-refractivity contribution in [1.82, 2.24) is 0 Å². The zero-order valence-electron chi connectivity index (χ0n) is 14.9. The summed E-state index contributed by atoms with van der Waals surface area (Å²) in [7, 11) is 0. The summed E-state index contributed by atoms with van der Waals surface area (Å²) in [6.07, 6.45) is 7.51. The number of rotatable bonds is 2. The van der Waals surface area contributed by atoms with E-state index >= 15 is 0 Å². The molecule has 0 bridgehead atoms. The molecule has 2 aliphatic rings. The highest BCUT2D eigenvalue weighted by Crippen LogP contribution is 2.45. The molecule has 0 unspecified atom stereocenters. The molecule has 0 spiro atoms. The van der Waals surface area contributed by atoms with Gasteiger partial charge in [0, 0.05) is 6.42 Å². The molecule has 0 amide bonds. The van der Waals surface area contributed by atoms with Crippen molar-refractivity contribution in [1.29, 1.82) is 0 Å². The number of ketones is 1. The van der Waals surface area contributed by atoms with E-state index in [1.807, 2.05) is 6.92 Å². The van der Waals surface area contributed by atoms with Gasteiger partial charge in [-0.1, -0.05) is 44.6 Å². The molecule has 0 aromatic carbocycles. The quantitative estimate of drug-likeness (QED) is 0.525. The van der Waals surface area contributed by atoms with Gasteiger partial charge in [0.2, 0.25) is 0 Å². The Labute approximate surface area is 136 Å². The monoisotopic (exact) mass is 304 g/mol. The highest BCUT2D eigenvalue weighted by molar-refractivity contribution is 5.85. The van der Waals surface area contributed by atoms with E-state index in [2.05, 4.69) is 40.3 Å². The first kappa shape index (κ1) is 17.5. The smallest absolute Gasteiger partial charge is 0.144 e. The first-order chi connectivity index (χ1) is 10.2. The van der Waals surface area contributed by atoms with E-state index in [0.29, 0.717) is 30.1 Å². The number of carbonyl (C=O) groups excluding carboxylic acids is 1. The lowest BCUT2D eigenvalue weighted by Crippen LogP contribution is -2.20. The molecular formula is C20H32O2. The van der Waals surface area contributed by atoms with Crippen molar-refractivity contribution in [3.05, 3.63) is 23.8 Å². The molecule has 0 saturated carbocycles. The van der Waals surface area contributed by atoms with Crippen molar-refractivity contribution >= 4 is 5.78 Å². The number of epoxide rings is 1. The Morgan fingerprint density at radius 1 is 1.41 bits per heavy atom. The van der Waals surface area contributed by atoms with E-state index in [0.717, 1.165) is 31.3 Å². The molecule has 2 nitrogen and oxygen atoms in total. The van der Waals surface area contributed by atoms with Crippen LogP contribution in [0.1, 0.15) is 66.7 Å². The van der Waals surface area contributed by atoms with Crippen LogP contribution < -0.4 is 0 Å². The predicted octanol–water partition coefficient (Wildman–Crippen LogP) is 5.09. The molecule has 0 N–H and O–H groups in total. The van der Waals surface area contributed by atoms with Crippen LogP contribution in [0.3, 0.4) is 0 Å². The molecule has 1 saturated heterocycles. The molecule has 2 rings (SSSR count). The fourth-order valence-electron chi connectivity index (χ4n) is 3.56. The minimum absolute atomic E-state index is 0.0651. The van der Waals surface area contributed by atoms with Crippen LogP contribution in [-0.2, 0) is 9.53 Å². The molecule has 0 radical (unpaired) electrons. The van der Waals surface area contributed by atoms with Gasteiger partial charge in [0.15, 0.2) is 0 Å². The Bertz CT molecular complexity index is 474. The summed E-state index contributed by atoms with van der Waals surface area (Å²) in [5.41, 5.74) is 2.42. The Balaban J connectivity index is 2.26. The zero-order chi connectivity index (χ0) is 16.5. The Hall–Kier alpha value is -0.890. The number of ether oxygens (including phenoxy) is 1. The van der Waals surface area contributed by atoms with E-state index in [-0.39, 0.29) is 11.5 Å². The third-order valence-electron chi connectivity index (χ3n) is 5.42. The maximum atomic E-state index is 12.7. The summed E-state index contributed by atoms with van der Waals surface area (Å²) < 4.78 is 5.97. The largest absolute Gasteiger partial charge is 0.366 e. The van der Waals surface area contributed by atoms with Gasteiger partial charge < -0.3 is 4.74 Å². The fraction of sp³-hybridized carbons (Fsp3) is 0.750. The predicted molar refractivity (Wildman–Crippen MR) is 91.8 cm³/mol. The first-order valence-electron chi connectivity index (χ1n) is 8.79. The summed E-state index contributed by atoms with van der Waals surface area (Å²) in [6.45, 7) is 14.9. The van der Waals surface area contributed by atoms with Crippen LogP contribution in [0.5, 0.6) is 0 Å². The van der Waals surface area contributed by atoms with E-state index in [4.69, 9.17) is 4.74 Å². The lowest BCUT2D eigenvalue weighted by molar-refractivity contribution is -0.121. The normalized spacial score (nSPS) is 39.3. The second kappa shape index (κ2) is 6.70. The van der Waals surface area contributed by atoms with E-state index < -0.39 is 0 Å². The Morgan fingerprint density at radius 2 is 2.09 bits per heavy atom. The summed E-state index contributed by atoms with van der Waals surface area (Å²) >= 11 is 0. The van der Waals surface area contributed by atoms with Crippen LogP contribution >= 0.6 is 0 Å². The maximum Gasteiger partial charge on any atom is 0.144 e. The first-order valence-corrected chi connectivity index (χ1v) is 8.79. The summed E-state index contributed by atoms with van der Waals surface area (Å²) in [5, 5.41) is 0. The summed E-state index contributed by atoms with van der Waals surface area (Å²) in [4.78, 5) is 12.7. The average Bonchev–Trinajstić information content (AvgIpc) is 3.05. The number of allylic oxidation sites excluding steroid dienone is 3. The minimum atomic E-state index is -0.108.